The van der Waals surface area contributed by atoms with Gasteiger partial charge in [0, 0.05) is 35.6 Å². The number of carbonyl (C=O) groups excluding carboxylic acids is 1. The number of nitrogens with zero attached hydrogens (tertiary/aromatic N) is 4. The van der Waals surface area contributed by atoms with Crippen molar-refractivity contribution in [1.82, 2.24) is 19.4 Å². The quantitative estimate of drug-likeness (QED) is 0.334. The predicted octanol–water partition coefficient (Wildman–Crippen LogP) is 5.00. The number of carboxylic acid groups (broad SMARTS) is 1. The van der Waals surface area contributed by atoms with Crippen molar-refractivity contribution in [3.63, 3.8) is 0 Å². The van der Waals surface area contributed by atoms with Gasteiger partial charge in [0.05, 0.1) is 11.5 Å². The van der Waals surface area contributed by atoms with Crippen molar-refractivity contribution in [1.29, 1.82) is 0 Å². The Bertz CT molecular complexity index is 1520. The van der Waals surface area contributed by atoms with Gasteiger partial charge in [0.25, 0.3) is 5.91 Å². The van der Waals surface area contributed by atoms with Gasteiger partial charge >= 0.3 is 12.1 Å². The van der Waals surface area contributed by atoms with E-state index in [9.17, 15) is 27.9 Å². The number of carbonyl (C=O) groups is 2. The van der Waals surface area contributed by atoms with Crippen LogP contribution < -0.4 is 11.1 Å². The molecule has 4 N–H and O–H groups in total. The van der Waals surface area contributed by atoms with Crippen molar-refractivity contribution in [2.75, 3.05) is 11.1 Å². The van der Waals surface area contributed by atoms with Crippen molar-refractivity contribution in [3.05, 3.63) is 71.9 Å². The van der Waals surface area contributed by atoms with E-state index >= 15 is 0 Å². The minimum Gasteiger partial charge on any atom is -0.481 e. The molecule has 196 valence electrons. The van der Waals surface area contributed by atoms with Gasteiger partial charge in [-0.05, 0) is 43.5 Å². The van der Waals surface area contributed by atoms with Gasteiger partial charge in [-0.3, -0.25) is 14.0 Å². The van der Waals surface area contributed by atoms with Crippen molar-refractivity contribution in [2.45, 2.75) is 37.8 Å². The number of hydrogen-bond donors (Lipinski definition) is 3. The number of aliphatic carboxylic acids is 1. The highest BCUT2D eigenvalue weighted by atomic mass is 19.4. The lowest BCUT2D eigenvalue weighted by Gasteiger charge is -2.25. The monoisotopic (exact) mass is 524 g/mol. The second kappa shape index (κ2) is 9.77. The lowest BCUT2D eigenvalue weighted by Crippen LogP contribution is -2.22. The number of rotatable bonds is 5. The minimum atomic E-state index is -4.56. The summed E-state index contributed by atoms with van der Waals surface area (Å²) in [7, 11) is 0. The highest BCUT2D eigenvalue weighted by Crippen LogP contribution is 2.39. The Morgan fingerprint density at radius 1 is 1.08 bits per heavy atom. The number of amides is 1. The molecule has 2 atom stereocenters. The summed E-state index contributed by atoms with van der Waals surface area (Å²) in [6.07, 6.45) is 2.40. The number of benzene rings is 1. The van der Waals surface area contributed by atoms with E-state index in [1.165, 1.54) is 12.1 Å². The zero-order valence-corrected chi connectivity index (χ0v) is 19.9. The number of aromatic nitrogens is 4. The first-order valence-corrected chi connectivity index (χ1v) is 11.9. The van der Waals surface area contributed by atoms with Gasteiger partial charge in [-0.2, -0.15) is 13.2 Å². The molecule has 1 fully saturated rings. The van der Waals surface area contributed by atoms with E-state index in [0.717, 1.165) is 31.2 Å². The predicted molar refractivity (Wildman–Crippen MR) is 132 cm³/mol. The topological polar surface area (TPSA) is 136 Å². The Morgan fingerprint density at radius 2 is 1.84 bits per heavy atom. The number of anilines is 2. The van der Waals surface area contributed by atoms with Gasteiger partial charge < -0.3 is 16.2 Å². The Kier molecular flexibility index (Phi) is 6.47. The second-order valence-electron chi connectivity index (χ2n) is 9.21. The summed E-state index contributed by atoms with van der Waals surface area (Å²) in [5, 5.41) is 11.9. The molecule has 38 heavy (non-hydrogen) atoms. The zero-order valence-electron chi connectivity index (χ0n) is 19.9. The Labute approximate surface area is 214 Å². The fourth-order valence-corrected chi connectivity index (χ4v) is 4.87. The Morgan fingerprint density at radius 3 is 2.55 bits per heavy atom. The number of halogens is 3. The van der Waals surface area contributed by atoms with Crippen molar-refractivity contribution < 1.29 is 27.9 Å². The summed E-state index contributed by atoms with van der Waals surface area (Å²) in [5.41, 5.74) is 7.25. The largest absolute Gasteiger partial charge is 0.481 e. The molecule has 0 saturated heterocycles. The molecule has 1 amide bonds. The van der Waals surface area contributed by atoms with E-state index in [4.69, 9.17) is 10.7 Å². The van der Waals surface area contributed by atoms with Crippen LogP contribution in [0.15, 0.2) is 55.0 Å². The lowest BCUT2D eigenvalue weighted by molar-refractivity contribution is -0.143. The molecule has 0 aliphatic heterocycles. The number of nitrogen functional groups attached to an aromatic ring is 1. The smallest absolute Gasteiger partial charge is 0.416 e. The van der Waals surface area contributed by atoms with E-state index in [1.807, 2.05) is 4.40 Å². The number of hydrogen-bond acceptors (Lipinski definition) is 6. The molecule has 3 heterocycles. The maximum absolute atomic E-state index is 13.0. The summed E-state index contributed by atoms with van der Waals surface area (Å²) < 4.78 is 40.7. The van der Waals surface area contributed by atoms with Crippen LogP contribution in [0.5, 0.6) is 0 Å². The average molecular weight is 525 g/mol. The first-order chi connectivity index (χ1) is 18.1. The summed E-state index contributed by atoms with van der Waals surface area (Å²) in [6.45, 7) is 0. The van der Waals surface area contributed by atoms with Gasteiger partial charge in [-0.15, -0.1) is 0 Å². The van der Waals surface area contributed by atoms with Crippen LogP contribution in [-0.4, -0.2) is 36.3 Å². The van der Waals surface area contributed by atoms with Crippen molar-refractivity contribution in [2.24, 2.45) is 5.92 Å². The van der Waals surface area contributed by atoms with E-state index in [2.05, 4.69) is 15.3 Å². The highest BCUT2D eigenvalue weighted by Gasteiger charge is 2.32. The fourth-order valence-electron chi connectivity index (χ4n) is 4.87. The lowest BCUT2D eigenvalue weighted by atomic mass is 9.81. The number of nitrogens with one attached hydrogen (secondary N) is 1. The van der Waals surface area contributed by atoms with Crippen LogP contribution in [0.25, 0.3) is 16.8 Å². The number of pyridine rings is 1. The van der Waals surface area contributed by atoms with Crippen LogP contribution in [0.1, 0.15) is 53.3 Å². The standard InChI is InChI=1S/C26H23F3N6O3/c27-26(28,29)18-8-9-31-19(13-18)33-24(36)15-6-4-14(5-7-15)20-21-22(30)32-10-11-35(21)23(34-20)16-2-1-3-17(12-16)25(37)38/h4-11,13,16-17H,1-3,12H2,(H2,30,32)(H,37,38)(H,31,33,36)/t16-,17+/m0/s1. The molecule has 9 nitrogen and oxygen atoms in total. The molecule has 12 heteroatoms. The molecule has 1 aromatic carbocycles. The second-order valence-corrected chi connectivity index (χ2v) is 9.21. The Hall–Kier alpha value is -4.48. The van der Waals surface area contributed by atoms with Crippen LogP contribution in [0.2, 0.25) is 0 Å². The summed E-state index contributed by atoms with van der Waals surface area (Å²) >= 11 is 0. The maximum atomic E-state index is 13.0. The van der Waals surface area contributed by atoms with E-state index in [1.54, 1.807) is 24.5 Å². The molecular formula is C26H23F3N6O3. The SMILES string of the molecule is Nc1nccn2c([C@H]3CCC[C@@H](C(=O)O)C3)nc(-c3ccc(C(=O)Nc4cc(C(F)(F)F)ccn4)cc3)c12. The summed E-state index contributed by atoms with van der Waals surface area (Å²) in [5.74, 6) is -1.21. The van der Waals surface area contributed by atoms with Crippen LogP contribution >= 0.6 is 0 Å². The number of imidazole rings is 1. The third-order valence-corrected chi connectivity index (χ3v) is 6.75. The minimum absolute atomic E-state index is 0.0714. The maximum Gasteiger partial charge on any atom is 0.416 e. The average Bonchev–Trinajstić information content (AvgIpc) is 3.29. The molecule has 0 spiro atoms. The normalized spacial score (nSPS) is 17.9. The summed E-state index contributed by atoms with van der Waals surface area (Å²) in [4.78, 5) is 37.1. The molecule has 1 aliphatic carbocycles. The molecule has 5 rings (SSSR count). The zero-order chi connectivity index (χ0) is 27.0. The van der Waals surface area contributed by atoms with E-state index < -0.39 is 29.5 Å². The molecule has 0 unspecified atom stereocenters. The first-order valence-electron chi connectivity index (χ1n) is 11.9. The molecule has 0 radical (unpaired) electrons. The van der Waals surface area contributed by atoms with Gasteiger partial charge in [-0.25, -0.2) is 15.0 Å². The number of carboxylic acids is 1. The Balaban J connectivity index is 1.43. The van der Waals surface area contributed by atoms with Crippen molar-refractivity contribution in [3.8, 4) is 11.3 Å². The van der Waals surface area contributed by atoms with Gasteiger partial charge in [0.2, 0.25) is 0 Å². The molecular weight excluding hydrogens is 501 g/mol. The van der Waals surface area contributed by atoms with Crippen molar-refractivity contribution >= 4 is 29.0 Å². The first kappa shape index (κ1) is 25.2. The third-order valence-electron chi connectivity index (χ3n) is 6.75. The van der Waals surface area contributed by atoms with Crippen LogP contribution in [0, 0.1) is 5.92 Å². The van der Waals surface area contributed by atoms with Gasteiger partial charge in [0.15, 0.2) is 0 Å². The highest BCUT2D eigenvalue weighted by molar-refractivity contribution is 6.04. The number of nitrogens with two attached hydrogens (primary N) is 1. The summed E-state index contributed by atoms with van der Waals surface area (Å²) in [6, 6.07) is 7.96. The fraction of sp³-hybridized carbons (Fsp3) is 0.269. The van der Waals surface area contributed by atoms with E-state index in [-0.39, 0.29) is 23.1 Å². The van der Waals surface area contributed by atoms with E-state index in [0.29, 0.717) is 35.4 Å². The van der Waals surface area contributed by atoms with Gasteiger partial charge in [-0.1, -0.05) is 18.6 Å². The van der Waals surface area contributed by atoms with Crippen LogP contribution in [0.4, 0.5) is 24.8 Å². The molecule has 0 bridgehead atoms. The van der Waals surface area contributed by atoms with Gasteiger partial charge in [0.1, 0.15) is 28.7 Å². The molecule has 4 aromatic rings. The number of alkyl halides is 3. The molecule has 3 aromatic heterocycles. The third kappa shape index (κ3) is 4.89. The molecule has 1 saturated carbocycles. The van der Waals surface area contributed by atoms with Crippen LogP contribution in [0.3, 0.4) is 0 Å². The van der Waals surface area contributed by atoms with Crippen LogP contribution in [-0.2, 0) is 11.0 Å². The molecule has 1 aliphatic rings. The number of fused-ring (bicyclic) bond motifs is 1.